The Morgan fingerprint density at radius 1 is 1.41 bits per heavy atom. The molecule has 1 fully saturated rings. The lowest BCUT2D eigenvalue weighted by atomic mass is 9.99. The number of amides is 2. The smallest absolute Gasteiger partial charge is 0.262 e. The minimum atomic E-state index is -3.77. The molecule has 0 radical (unpaired) electrons. The number of aryl methyl sites for hydroxylation is 1. The summed E-state index contributed by atoms with van der Waals surface area (Å²) in [4.78, 5) is 23.8. The van der Waals surface area contributed by atoms with E-state index < -0.39 is 10.0 Å². The second-order valence-corrected chi connectivity index (χ2v) is 8.85. The lowest BCUT2D eigenvalue weighted by Crippen LogP contribution is -2.45. The van der Waals surface area contributed by atoms with Crippen LogP contribution in [-0.2, 0) is 19.6 Å². The van der Waals surface area contributed by atoms with Gasteiger partial charge in [-0.05, 0) is 37.8 Å². The number of sulfonamides is 1. The van der Waals surface area contributed by atoms with Crippen LogP contribution in [0.2, 0.25) is 0 Å². The van der Waals surface area contributed by atoms with Gasteiger partial charge in [0.25, 0.3) is 5.91 Å². The Morgan fingerprint density at radius 2 is 2.19 bits per heavy atom. The fourth-order valence-corrected chi connectivity index (χ4v) is 5.15. The molecule has 0 aliphatic carbocycles. The number of benzene rings is 1. The van der Waals surface area contributed by atoms with Crippen molar-refractivity contribution in [1.82, 2.24) is 9.62 Å². The first-order valence-corrected chi connectivity index (χ1v) is 10.6. The van der Waals surface area contributed by atoms with Crippen molar-refractivity contribution in [3.8, 4) is 5.75 Å². The Hall–Kier alpha value is -2.13. The molecule has 2 amide bonds. The van der Waals surface area contributed by atoms with Crippen molar-refractivity contribution in [3.63, 3.8) is 0 Å². The summed E-state index contributed by atoms with van der Waals surface area (Å²) in [6.07, 6.45) is 2.16. The molecule has 1 atom stereocenters. The normalized spacial score (nSPS) is 20.4. The predicted octanol–water partition coefficient (Wildman–Crippen LogP) is 1.25. The Kier molecular flexibility index (Phi) is 5.71. The number of anilines is 1. The SMILES string of the molecule is CCCNC(=O)[C@@H]1CCCN(S(=O)(=O)c2cc3c(cc2C)NC(=O)CO3)C1. The highest BCUT2D eigenvalue weighted by molar-refractivity contribution is 7.89. The quantitative estimate of drug-likeness (QED) is 0.781. The van der Waals surface area contributed by atoms with Crippen LogP contribution in [0, 0.1) is 12.8 Å². The van der Waals surface area contributed by atoms with Crippen LogP contribution in [0.4, 0.5) is 5.69 Å². The molecule has 0 spiro atoms. The number of fused-ring (bicyclic) bond motifs is 1. The number of hydrogen-bond acceptors (Lipinski definition) is 5. The van der Waals surface area contributed by atoms with Gasteiger partial charge in [0.05, 0.1) is 16.5 Å². The van der Waals surface area contributed by atoms with E-state index in [0.29, 0.717) is 42.9 Å². The molecule has 148 valence electrons. The van der Waals surface area contributed by atoms with Crippen LogP contribution in [0.1, 0.15) is 31.7 Å². The van der Waals surface area contributed by atoms with E-state index in [1.807, 2.05) is 6.92 Å². The van der Waals surface area contributed by atoms with E-state index in [9.17, 15) is 18.0 Å². The van der Waals surface area contributed by atoms with E-state index in [0.717, 1.165) is 6.42 Å². The molecule has 1 saturated heterocycles. The van der Waals surface area contributed by atoms with Gasteiger partial charge in [0.1, 0.15) is 5.75 Å². The largest absolute Gasteiger partial charge is 0.482 e. The Bertz CT molecular complexity index is 853. The standard InChI is InChI=1S/C18H25N3O5S/c1-3-6-19-18(23)13-5-4-7-21(10-13)27(24,25)16-9-15-14(8-12(16)2)20-17(22)11-26-15/h8-9,13H,3-7,10-11H2,1-2H3,(H,19,23)(H,20,22)/t13-/m1/s1. The second kappa shape index (κ2) is 7.85. The first-order valence-electron chi connectivity index (χ1n) is 9.18. The number of carbonyl (C=O) groups is 2. The summed E-state index contributed by atoms with van der Waals surface area (Å²) >= 11 is 0. The third-order valence-electron chi connectivity index (χ3n) is 4.83. The predicted molar refractivity (Wildman–Crippen MR) is 100 cm³/mol. The topological polar surface area (TPSA) is 105 Å². The van der Waals surface area contributed by atoms with Crippen molar-refractivity contribution < 1.29 is 22.7 Å². The van der Waals surface area contributed by atoms with E-state index in [1.54, 1.807) is 13.0 Å². The van der Waals surface area contributed by atoms with Crippen LogP contribution < -0.4 is 15.4 Å². The van der Waals surface area contributed by atoms with Gasteiger partial charge in [0.2, 0.25) is 15.9 Å². The Balaban J connectivity index is 1.83. The van der Waals surface area contributed by atoms with Crippen LogP contribution >= 0.6 is 0 Å². The highest BCUT2D eigenvalue weighted by Crippen LogP contribution is 2.35. The Labute approximate surface area is 159 Å². The molecule has 0 saturated carbocycles. The lowest BCUT2D eigenvalue weighted by molar-refractivity contribution is -0.126. The zero-order valence-corrected chi connectivity index (χ0v) is 16.4. The highest BCUT2D eigenvalue weighted by Gasteiger charge is 2.34. The molecule has 2 N–H and O–H groups in total. The summed E-state index contributed by atoms with van der Waals surface area (Å²) in [6, 6.07) is 3.06. The van der Waals surface area contributed by atoms with Crippen LogP contribution in [0.3, 0.4) is 0 Å². The van der Waals surface area contributed by atoms with E-state index in [4.69, 9.17) is 4.74 Å². The molecule has 0 aromatic heterocycles. The van der Waals surface area contributed by atoms with Gasteiger partial charge >= 0.3 is 0 Å². The molecule has 2 aliphatic heterocycles. The van der Waals surface area contributed by atoms with E-state index in [-0.39, 0.29) is 35.8 Å². The summed E-state index contributed by atoms with van der Waals surface area (Å²) < 4.78 is 33.1. The average Bonchev–Trinajstić information content (AvgIpc) is 2.65. The maximum atomic E-state index is 13.2. The summed E-state index contributed by atoms with van der Waals surface area (Å²) in [5, 5.41) is 5.52. The number of piperidine rings is 1. The van der Waals surface area contributed by atoms with Gasteiger partial charge in [-0.2, -0.15) is 4.31 Å². The summed E-state index contributed by atoms with van der Waals surface area (Å²) in [7, 11) is -3.77. The molecule has 2 aliphatic rings. The van der Waals surface area contributed by atoms with E-state index in [1.165, 1.54) is 10.4 Å². The third-order valence-corrected chi connectivity index (χ3v) is 6.84. The molecule has 3 rings (SSSR count). The molecule has 0 bridgehead atoms. The van der Waals surface area contributed by atoms with Crippen molar-refractivity contribution in [2.75, 3.05) is 31.6 Å². The first kappa shape index (κ1) is 19.6. The molecule has 1 aromatic carbocycles. The van der Waals surface area contributed by atoms with Gasteiger partial charge < -0.3 is 15.4 Å². The minimum Gasteiger partial charge on any atom is -0.482 e. The number of carbonyl (C=O) groups excluding carboxylic acids is 2. The molecular weight excluding hydrogens is 370 g/mol. The average molecular weight is 395 g/mol. The number of nitrogens with zero attached hydrogens (tertiary/aromatic N) is 1. The van der Waals surface area contributed by atoms with Crippen molar-refractivity contribution >= 4 is 27.5 Å². The fourth-order valence-electron chi connectivity index (χ4n) is 3.40. The van der Waals surface area contributed by atoms with Gasteiger partial charge in [-0.1, -0.05) is 6.92 Å². The molecule has 27 heavy (non-hydrogen) atoms. The van der Waals surface area contributed by atoms with Crippen molar-refractivity contribution in [2.24, 2.45) is 5.92 Å². The zero-order chi connectivity index (χ0) is 19.6. The first-order chi connectivity index (χ1) is 12.8. The van der Waals surface area contributed by atoms with Gasteiger partial charge in [-0.25, -0.2) is 8.42 Å². The molecule has 1 aromatic rings. The van der Waals surface area contributed by atoms with Crippen LogP contribution in [0.25, 0.3) is 0 Å². The number of nitrogens with one attached hydrogen (secondary N) is 2. The van der Waals surface area contributed by atoms with Crippen LogP contribution in [0.5, 0.6) is 5.75 Å². The van der Waals surface area contributed by atoms with Gasteiger partial charge in [0, 0.05) is 25.7 Å². The lowest BCUT2D eigenvalue weighted by Gasteiger charge is -2.32. The van der Waals surface area contributed by atoms with Crippen molar-refractivity contribution in [2.45, 2.75) is 38.0 Å². The maximum absolute atomic E-state index is 13.2. The van der Waals surface area contributed by atoms with Gasteiger partial charge in [-0.15, -0.1) is 0 Å². The summed E-state index contributed by atoms with van der Waals surface area (Å²) in [5.74, 6) is -0.360. The summed E-state index contributed by atoms with van der Waals surface area (Å²) in [6.45, 7) is 4.67. The van der Waals surface area contributed by atoms with Crippen LogP contribution in [-0.4, -0.2) is 50.8 Å². The molecule has 2 heterocycles. The van der Waals surface area contributed by atoms with Gasteiger partial charge in [0.15, 0.2) is 6.61 Å². The highest BCUT2D eigenvalue weighted by atomic mass is 32.2. The number of hydrogen-bond donors (Lipinski definition) is 2. The summed E-state index contributed by atoms with van der Waals surface area (Å²) in [5.41, 5.74) is 0.996. The molecular formula is C18H25N3O5S. The van der Waals surface area contributed by atoms with Gasteiger partial charge in [-0.3, -0.25) is 9.59 Å². The number of ether oxygens (including phenoxy) is 1. The van der Waals surface area contributed by atoms with E-state index in [2.05, 4.69) is 10.6 Å². The van der Waals surface area contributed by atoms with Crippen molar-refractivity contribution in [3.05, 3.63) is 17.7 Å². The van der Waals surface area contributed by atoms with E-state index >= 15 is 0 Å². The number of rotatable bonds is 5. The van der Waals surface area contributed by atoms with Crippen LogP contribution in [0.15, 0.2) is 17.0 Å². The monoisotopic (exact) mass is 395 g/mol. The zero-order valence-electron chi connectivity index (χ0n) is 15.6. The molecule has 0 unspecified atom stereocenters. The minimum absolute atomic E-state index is 0.0926. The Morgan fingerprint density at radius 3 is 2.93 bits per heavy atom. The molecule has 8 nitrogen and oxygen atoms in total. The van der Waals surface area contributed by atoms with Crippen molar-refractivity contribution in [1.29, 1.82) is 0 Å². The molecule has 9 heteroatoms. The maximum Gasteiger partial charge on any atom is 0.262 e. The fraction of sp³-hybridized carbons (Fsp3) is 0.556. The third kappa shape index (κ3) is 4.08. The second-order valence-electron chi connectivity index (χ2n) is 6.94.